The fourth-order valence-electron chi connectivity index (χ4n) is 2.66. The Morgan fingerprint density at radius 1 is 1.43 bits per heavy atom. The second kappa shape index (κ2) is 8.67. The molecule has 7 heteroatoms. The average Bonchev–Trinajstić information content (AvgIpc) is 2.55. The summed E-state index contributed by atoms with van der Waals surface area (Å²) in [6.07, 6.45) is 3.26. The lowest BCUT2D eigenvalue weighted by Gasteiger charge is -2.22. The van der Waals surface area contributed by atoms with Crippen LogP contribution in [0.4, 0.5) is 8.78 Å². The molecule has 1 aliphatic rings. The number of benzene rings is 1. The van der Waals surface area contributed by atoms with Crippen molar-refractivity contribution in [3.05, 3.63) is 23.8 Å². The van der Waals surface area contributed by atoms with Crippen LogP contribution in [0, 0.1) is 5.92 Å². The molecule has 1 amide bonds. The molecule has 1 saturated heterocycles. The minimum atomic E-state index is -2.94. The van der Waals surface area contributed by atoms with E-state index in [-0.39, 0.29) is 17.4 Å². The minimum absolute atomic E-state index is 0.0904. The van der Waals surface area contributed by atoms with Crippen molar-refractivity contribution in [1.29, 1.82) is 0 Å². The highest BCUT2D eigenvalue weighted by molar-refractivity contribution is 5.94. The van der Waals surface area contributed by atoms with E-state index in [1.165, 1.54) is 38.2 Å². The fourth-order valence-corrected chi connectivity index (χ4v) is 2.66. The summed E-state index contributed by atoms with van der Waals surface area (Å²) in [6, 6.07) is 4.15. The van der Waals surface area contributed by atoms with E-state index >= 15 is 0 Å². The lowest BCUT2D eigenvalue weighted by Crippen LogP contribution is -2.33. The van der Waals surface area contributed by atoms with Gasteiger partial charge in [-0.2, -0.15) is 8.78 Å². The summed E-state index contributed by atoms with van der Waals surface area (Å²) in [5.74, 6) is 0.345. The van der Waals surface area contributed by atoms with Gasteiger partial charge in [-0.15, -0.1) is 0 Å². The largest absolute Gasteiger partial charge is 0.493 e. The molecule has 0 bridgehead atoms. The van der Waals surface area contributed by atoms with Crippen molar-refractivity contribution in [2.24, 2.45) is 5.92 Å². The van der Waals surface area contributed by atoms with Crippen LogP contribution in [0.25, 0.3) is 0 Å². The standard InChI is InChI=1S/C16H22F2N2O3/c1-22-14-9-12(4-5-13(14)23-16(17)18)15(21)20-8-6-11-3-2-7-19-10-11/h4-5,9,11,16,19H,2-3,6-8,10H2,1H3,(H,20,21). The summed E-state index contributed by atoms with van der Waals surface area (Å²) in [4.78, 5) is 12.1. The highest BCUT2D eigenvalue weighted by Gasteiger charge is 2.15. The Kier molecular flexibility index (Phi) is 6.58. The highest BCUT2D eigenvalue weighted by atomic mass is 19.3. The van der Waals surface area contributed by atoms with Crippen LogP contribution in [0.5, 0.6) is 11.5 Å². The van der Waals surface area contributed by atoms with Gasteiger partial charge in [-0.3, -0.25) is 4.79 Å². The van der Waals surface area contributed by atoms with Gasteiger partial charge in [0, 0.05) is 12.1 Å². The molecule has 1 unspecified atom stereocenters. The third kappa shape index (κ3) is 5.35. The maximum absolute atomic E-state index is 12.3. The van der Waals surface area contributed by atoms with Crippen LogP contribution in [0.2, 0.25) is 0 Å². The average molecular weight is 328 g/mol. The molecular weight excluding hydrogens is 306 g/mol. The van der Waals surface area contributed by atoms with E-state index in [1.54, 1.807) is 0 Å². The maximum atomic E-state index is 12.3. The molecular formula is C16H22F2N2O3. The fraction of sp³-hybridized carbons (Fsp3) is 0.562. The molecule has 2 rings (SSSR count). The van der Waals surface area contributed by atoms with Crippen molar-refractivity contribution in [2.45, 2.75) is 25.9 Å². The van der Waals surface area contributed by atoms with Gasteiger partial charge in [0.15, 0.2) is 11.5 Å². The number of amides is 1. The number of carbonyl (C=O) groups excluding carboxylic acids is 1. The van der Waals surface area contributed by atoms with E-state index in [1.807, 2.05) is 0 Å². The van der Waals surface area contributed by atoms with Crippen LogP contribution in [-0.2, 0) is 0 Å². The van der Waals surface area contributed by atoms with Gasteiger partial charge in [0.25, 0.3) is 5.91 Å². The molecule has 23 heavy (non-hydrogen) atoms. The van der Waals surface area contributed by atoms with Crippen molar-refractivity contribution in [3.63, 3.8) is 0 Å². The van der Waals surface area contributed by atoms with Crippen molar-refractivity contribution in [3.8, 4) is 11.5 Å². The molecule has 1 aromatic carbocycles. The Hall–Kier alpha value is -1.89. The van der Waals surface area contributed by atoms with Crippen LogP contribution in [0.1, 0.15) is 29.6 Å². The van der Waals surface area contributed by atoms with Gasteiger partial charge in [0.1, 0.15) is 0 Å². The molecule has 1 fully saturated rings. The molecule has 1 aliphatic heterocycles. The number of carbonyl (C=O) groups is 1. The molecule has 0 spiro atoms. The van der Waals surface area contributed by atoms with E-state index in [4.69, 9.17) is 4.74 Å². The number of hydrogen-bond donors (Lipinski definition) is 2. The minimum Gasteiger partial charge on any atom is -0.493 e. The van der Waals surface area contributed by atoms with Crippen LogP contribution in [0.15, 0.2) is 18.2 Å². The Labute approximate surface area is 134 Å². The van der Waals surface area contributed by atoms with E-state index < -0.39 is 6.61 Å². The number of ether oxygens (including phenoxy) is 2. The predicted molar refractivity (Wildman–Crippen MR) is 82.2 cm³/mol. The first kappa shape index (κ1) is 17.5. The number of hydrogen-bond acceptors (Lipinski definition) is 4. The summed E-state index contributed by atoms with van der Waals surface area (Å²) in [6.45, 7) is -0.297. The smallest absolute Gasteiger partial charge is 0.387 e. The third-order valence-corrected chi connectivity index (χ3v) is 3.88. The second-order valence-electron chi connectivity index (χ2n) is 5.50. The first-order valence-electron chi connectivity index (χ1n) is 7.72. The number of nitrogens with one attached hydrogen (secondary N) is 2. The molecule has 0 radical (unpaired) electrons. The predicted octanol–water partition coefficient (Wildman–Crippen LogP) is 2.42. The van der Waals surface area contributed by atoms with Gasteiger partial charge in [0.2, 0.25) is 0 Å². The van der Waals surface area contributed by atoms with Gasteiger partial charge >= 0.3 is 6.61 Å². The molecule has 1 atom stereocenters. The van der Waals surface area contributed by atoms with Crippen LogP contribution in [0.3, 0.4) is 0 Å². The van der Waals surface area contributed by atoms with Gasteiger partial charge in [-0.1, -0.05) is 0 Å². The number of rotatable bonds is 7. The number of piperidine rings is 1. The Balaban J connectivity index is 1.88. The first-order chi connectivity index (χ1) is 11.1. The molecule has 5 nitrogen and oxygen atoms in total. The van der Waals surface area contributed by atoms with Crippen molar-refractivity contribution >= 4 is 5.91 Å². The van der Waals surface area contributed by atoms with Crippen LogP contribution in [-0.4, -0.2) is 39.3 Å². The highest BCUT2D eigenvalue weighted by Crippen LogP contribution is 2.29. The molecule has 1 aromatic rings. The number of halogens is 2. The van der Waals surface area contributed by atoms with Gasteiger partial charge < -0.3 is 20.1 Å². The van der Waals surface area contributed by atoms with E-state index in [9.17, 15) is 13.6 Å². The molecule has 0 aromatic heterocycles. The lowest BCUT2D eigenvalue weighted by molar-refractivity contribution is -0.0512. The van der Waals surface area contributed by atoms with Crippen LogP contribution >= 0.6 is 0 Å². The molecule has 2 N–H and O–H groups in total. The summed E-state index contributed by atoms with van der Waals surface area (Å²) < 4.78 is 33.9. The van der Waals surface area contributed by atoms with E-state index in [0.29, 0.717) is 18.0 Å². The van der Waals surface area contributed by atoms with Crippen molar-refractivity contribution in [2.75, 3.05) is 26.7 Å². The zero-order valence-electron chi connectivity index (χ0n) is 13.1. The SMILES string of the molecule is COc1cc(C(=O)NCCC2CCCNC2)ccc1OC(F)F. The number of alkyl halides is 2. The zero-order valence-corrected chi connectivity index (χ0v) is 13.1. The lowest BCUT2D eigenvalue weighted by atomic mass is 9.96. The molecule has 128 valence electrons. The summed E-state index contributed by atoms with van der Waals surface area (Å²) in [7, 11) is 1.34. The van der Waals surface area contributed by atoms with Gasteiger partial charge in [-0.25, -0.2) is 0 Å². The Morgan fingerprint density at radius 2 is 2.26 bits per heavy atom. The monoisotopic (exact) mass is 328 g/mol. The molecule has 1 heterocycles. The van der Waals surface area contributed by atoms with Gasteiger partial charge in [-0.05, 0) is 56.5 Å². The zero-order chi connectivity index (χ0) is 16.7. The molecule has 0 saturated carbocycles. The summed E-state index contributed by atoms with van der Waals surface area (Å²) in [5.41, 5.74) is 0.352. The first-order valence-corrected chi connectivity index (χ1v) is 7.72. The van der Waals surface area contributed by atoms with Crippen LogP contribution < -0.4 is 20.1 Å². The Morgan fingerprint density at radius 3 is 2.91 bits per heavy atom. The Bertz CT molecular complexity index is 520. The number of methoxy groups -OCH3 is 1. The topological polar surface area (TPSA) is 59.6 Å². The summed E-state index contributed by atoms with van der Waals surface area (Å²) >= 11 is 0. The normalized spacial score (nSPS) is 17.8. The maximum Gasteiger partial charge on any atom is 0.387 e. The van der Waals surface area contributed by atoms with E-state index in [2.05, 4.69) is 15.4 Å². The van der Waals surface area contributed by atoms with Crippen molar-refractivity contribution in [1.82, 2.24) is 10.6 Å². The molecule has 0 aliphatic carbocycles. The van der Waals surface area contributed by atoms with Gasteiger partial charge in [0.05, 0.1) is 7.11 Å². The second-order valence-corrected chi connectivity index (χ2v) is 5.50. The third-order valence-electron chi connectivity index (χ3n) is 3.88. The van der Waals surface area contributed by atoms with Crippen molar-refractivity contribution < 1.29 is 23.0 Å². The van der Waals surface area contributed by atoms with E-state index in [0.717, 1.165) is 19.5 Å². The summed E-state index contributed by atoms with van der Waals surface area (Å²) in [5, 5.41) is 6.18. The quantitative estimate of drug-likeness (QED) is 0.807.